The molecule has 0 aliphatic heterocycles. The minimum Gasteiger partial charge on any atom is -0.385 e. The van der Waals surface area contributed by atoms with Crippen molar-refractivity contribution in [3.63, 3.8) is 0 Å². The lowest BCUT2D eigenvalue weighted by molar-refractivity contribution is -0.116. The normalized spacial score (nSPS) is 10.4. The number of amides is 2. The maximum atomic E-state index is 13.3. The number of carbonyl (C=O) groups excluding carboxylic acids is 2. The van der Waals surface area contributed by atoms with Gasteiger partial charge in [-0.05, 0) is 24.6 Å². The fraction of sp³-hybridized carbons (Fsp3) is 0.312. The van der Waals surface area contributed by atoms with Gasteiger partial charge in [-0.2, -0.15) is 0 Å². The van der Waals surface area contributed by atoms with E-state index >= 15 is 0 Å². The first-order chi connectivity index (χ1) is 11.6. The van der Waals surface area contributed by atoms with Crippen LogP contribution < -0.4 is 5.32 Å². The third-order valence-electron chi connectivity index (χ3n) is 3.15. The average Bonchev–Trinajstić information content (AvgIpc) is 3.06. The maximum absolute atomic E-state index is 13.3. The summed E-state index contributed by atoms with van der Waals surface area (Å²) >= 11 is 1.29. The fourth-order valence-corrected chi connectivity index (χ4v) is 2.62. The summed E-state index contributed by atoms with van der Waals surface area (Å²) in [5, 5.41) is 4.84. The summed E-state index contributed by atoms with van der Waals surface area (Å²) in [6, 6.07) is 5.41. The number of thiazole rings is 1. The van der Waals surface area contributed by atoms with Gasteiger partial charge < -0.3 is 15.0 Å². The highest BCUT2D eigenvalue weighted by molar-refractivity contribution is 7.13. The highest BCUT2D eigenvalue weighted by Gasteiger charge is 2.19. The van der Waals surface area contributed by atoms with Crippen LogP contribution in [0.25, 0.3) is 0 Å². The summed E-state index contributed by atoms with van der Waals surface area (Å²) in [5.41, 5.74) is 0.203. The largest absolute Gasteiger partial charge is 0.385 e. The number of nitrogens with zero attached hydrogens (tertiary/aromatic N) is 2. The van der Waals surface area contributed by atoms with E-state index in [1.165, 1.54) is 34.4 Å². The molecule has 0 saturated heterocycles. The number of benzene rings is 1. The Bertz CT molecular complexity index is 679. The number of ether oxygens (including phenoxy) is 1. The Morgan fingerprint density at radius 2 is 2.25 bits per heavy atom. The van der Waals surface area contributed by atoms with Gasteiger partial charge in [-0.25, -0.2) is 9.37 Å². The predicted octanol–water partition coefficient (Wildman–Crippen LogP) is 2.40. The van der Waals surface area contributed by atoms with Crippen molar-refractivity contribution >= 4 is 28.3 Å². The fourth-order valence-electron chi connectivity index (χ4n) is 2.07. The minimum atomic E-state index is -0.495. The van der Waals surface area contributed by atoms with Gasteiger partial charge in [0.25, 0.3) is 5.91 Å². The smallest absolute Gasteiger partial charge is 0.254 e. The molecule has 0 atom stereocenters. The third kappa shape index (κ3) is 5.39. The van der Waals surface area contributed by atoms with Crippen LogP contribution in [-0.2, 0) is 9.53 Å². The van der Waals surface area contributed by atoms with E-state index in [4.69, 9.17) is 4.74 Å². The minimum absolute atomic E-state index is 0.140. The van der Waals surface area contributed by atoms with E-state index in [0.29, 0.717) is 24.7 Å². The van der Waals surface area contributed by atoms with Gasteiger partial charge in [0, 0.05) is 37.4 Å². The van der Waals surface area contributed by atoms with Gasteiger partial charge in [0.1, 0.15) is 12.4 Å². The van der Waals surface area contributed by atoms with Gasteiger partial charge in [-0.3, -0.25) is 9.59 Å². The van der Waals surface area contributed by atoms with Gasteiger partial charge in [-0.15, -0.1) is 11.3 Å². The molecule has 2 aromatic rings. The molecule has 0 fully saturated rings. The van der Waals surface area contributed by atoms with E-state index in [0.717, 1.165) is 6.07 Å². The molecule has 0 radical (unpaired) electrons. The van der Waals surface area contributed by atoms with Crippen LogP contribution in [0.5, 0.6) is 0 Å². The summed E-state index contributed by atoms with van der Waals surface area (Å²) in [4.78, 5) is 30.0. The monoisotopic (exact) mass is 351 g/mol. The number of halogens is 1. The van der Waals surface area contributed by atoms with Crippen molar-refractivity contribution in [1.82, 2.24) is 9.88 Å². The number of rotatable bonds is 8. The van der Waals surface area contributed by atoms with E-state index in [9.17, 15) is 14.0 Å². The molecule has 0 aliphatic rings. The predicted molar refractivity (Wildman–Crippen MR) is 89.5 cm³/mol. The highest BCUT2D eigenvalue weighted by Crippen LogP contribution is 2.12. The molecule has 0 aliphatic carbocycles. The lowest BCUT2D eigenvalue weighted by Crippen LogP contribution is -2.39. The molecule has 0 bridgehead atoms. The topological polar surface area (TPSA) is 71.5 Å². The second-order valence-electron chi connectivity index (χ2n) is 4.97. The van der Waals surface area contributed by atoms with Gasteiger partial charge >= 0.3 is 0 Å². The van der Waals surface area contributed by atoms with Crippen molar-refractivity contribution < 1.29 is 18.7 Å². The Labute approximate surface area is 143 Å². The second kappa shape index (κ2) is 9.09. The van der Waals surface area contributed by atoms with Crippen molar-refractivity contribution in [3.05, 3.63) is 47.2 Å². The van der Waals surface area contributed by atoms with Crippen molar-refractivity contribution in [2.75, 3.05) is 32.1 Å². The molecule has 0 saturated carbocycles. The third-order valence-corrected chi connectivity index (χ3v) is 3.84. The summed E-state index contributed by atoms with van der Waals surface area (Å²) in [6.45, 7) is 0.647. The first kappa shape index (κ1) is 18.0. The number of carbonyl (C=O) groups is 2. The first-order valence-corrected chi connectivity index (χ1v) is 8.21. The Morgan fingerprint density at radius 3 is 2.92 bits per heavy atom. The van der Waals surface area contributed by atoms with Crippen molar-refractivity contribution in [3.8, 4) is 0 Å². The first-order valence-electron chi connectivity index (χ1n) is 7.33. The molecule has 2 rings (SSSR count). The number of hydrogen-bond donors (Lipinski definition) is 1. The average molecular weight is 351 g/mol. The molecule has 128 valence electrons. The number of nitrogens with one attached hydrogen (secondary N) is 1. The zero-order valence-corrected chi connectivity index (χ0v) is 14.0. The molecule has 6 nitrogen and oxygen atoms in total. The van der Waals surface area contributed by atoms with Crippen LogP contribution >= 0.6 is 11.3 Å². The van der Waals surface area contributed by atoms with E-state index < -0.39 is 11.7 Å². The molecular weight excluding hydrogens is 333 g/mol. The molecule has 1 aromatic heterocycles. The molecule has 1 aromatic carbocycles. The van der Waals surface area contributed by atoms with Crippen LogP contribution in [0, 0.1) is 5.82 Å². The highest BCUT2D eigenvalue weighted by atomic mass is 32.1. The van der Waals surface area contributed by atoms with Crippen molar-refractivity contribution in [2.24, 2.45) is 0 Å². The van der Waals surface area contributed by atoms with E-state index in [1.54, 1.807) is 18.7 Å². The summed E-state index contributed by atoms with van der Waals surface area (Å²) in [7, 11) is 1.56. The van der Waals surface area contributed by atoms with Gasteiger partial charge in [0.15, 0.2) is 5.13 Å². The van der Waals surface area contributed by atoms with Crippen LogP contribution in [0.1, 0.15) is 16.8 Å². The summed E-state index contributed by atoms with van der Waals surface area (Å²) in [5.74, 6) is -1.25. The molecule has 1 N–H and O–H groups in total. The molecular formula is C16H18FN3O3S. The molecule has 8 heteroatoms. The van der Waals surface area contributed by atoms with Crippen LogP contribution in [0.2, 0.25) is 0 Å². The zero-order valence-electron chi connectivity index (χ0n) is 13.2. The van der Waals surface area contributed by atoms with Crippen LogP contribution in [0.3, 0.4) is 0 Å². The number of hydrogen-bond acceptors (Lipinski definition) is 5. The summed E-state index contributed by atoms with van der Waals surface area (Å²) < 4.78 is 18.3. The Kier molecular flexibility index (Phi) is 6.83. The number of anilines is 1. The molecule has 24 heavy (non-hydrogen) atoms. The zero-order chi connectivity index (χ0) is 17.4. The Morgan fingerprint density at radius 1 is 1.42 bits per heavy atom. The second-order valence-corrected chi connectivity index (χ2v) is 5.86. The van der Waals surface area contributed by atoms with Gasteiger partial charge in [0.2, 0.25) is 5.91 Å². The molecule has 1 heterocycles. The summed E-state index contributed by atoms with van der Waals surface area (Å²) in [6.07, 6.45) is 2.15. The SMILES string of the molecule is COCCCN(CC(=O)Nc1nccs1)C(=O)c1cccc(F)c1. The van der Waals surface area contributed by atoms with Gasteiger partial charge in [-0.1, -0.05) is 6.07 Å². The van der Waals surface area contributed by atoms with Gasteiger partial charge in [0.05, 0.1) is 0 Å². The lowest BCUT2D eigenvalue weighted by Gasteiger charge is -2.22. The maximum Gasteiger partial charge on any atom is 0.254 e. The number of aromatic nitrogens is 1. The van der Waals surface area contributed by atoms with Crippen molar-refractivity contribution in [1.29, 1.82) is 0 Å². The van der Waals surface area contributed by atoms with Crippen LogP contribution in [-0.4, -0.2) is 48.5 Å². The molecule has 2 amide bonds. The van der Waals surface area contributed by atoms with E-state index in [1.807, 2.05) is 0 Å². The van der Waals surface area contributed by atoms with Crippen LogP contribution in [0.15, 0.2) is 35.8 Å². The van der Waals surface area contributed by atoms with Crippen molar-refractivity contribution in [2.45, 2.75) is 6.42 Å². The molecule has 0 unspecified atom stereocenters. The van der Waals surface area contributed by atoms with Crippen LogP contribution in [0.4, 0.5) is 9.52 Å². The van der Waals surface area contributed by atoms with E-state index in [2.05, 4.69) is 10.3 Å². The standard InChI is InChI=1S/C16H18FN3O3S/c1-23-8-3-7-20(11-14(21)19-16-18-6-9-24-16)15(22)12-4-2-5-13(17)10-12/h2,4-6,9-10H,3,7-8,11H2,1H3,(H,18,19,21). The Hall–Kier alpha value is -2.32. The number of methoxy groups -OCH3 is 1. The molecule has 0 spiro atoms. The quantitative estimate of drug-likeness (QED) is 0.742. The lowest BCUT2D eigenvalue weighted by atomic mass is 10.2. The Balaban J connectivity index is 2.05. The van der Waals surface area contributed by atoms with E-state index in [-0.39, 0.29) is 18.0 Å².